The summed E-state index contributed by atoms with van der Waals surface area (Å²) in [7, 11) is 0. The molecule has 1 heterocycles. The molecule has 0 atom stereocenters. The van der Waals surface area contributed by atoms with Crippen LogP contribution in [0.5, 0.6) is 0 Å². The Morgan fingerprint density at radius 3 is 3.13 bits per heavy atom. The summed E-state index contributed by atoms with van der Waals surface area (Å²) >= 11 is 0. The predicted molar refractivity (Wildman–Crippen MR) is 59.9 cm³/mol. The number of nitrogens with one attached hydrogen (secondary N) is 2. The summed E-state index contributed by atoms with van der Waals surface area (Å²) in [5.41, 5.74) is 3.44. The van der Waals surface area contributed by atoms with Crippen LogP contribution in [0.2, 0.25) is 0 Å². The van der Waals surface area contributed by atoms with Gasteiger partial charge < -0.3 is 10.6 Å². The fourth-order valence-electron chi connectivity index (χ4n) is 1.90. The molecule has 1 amide bonds. The van der Waals surface area contributed by atoms with Crippen LogP contribution in [0.15, 0.2) is 35.2 Å². The highest BCUT2D eigenvalue weighted by Crippen LogP contribution is 2.22. The summed E-state index contributed by atoms with van der Waals surface area (Å²) in [5.74, 6) is 0.124. The number of hydrogen-bond donors (Lipinski definition) is 2. The summed E-state index contributed by atoms with van der Waals surface area (Å²) in [5, 5.41) is 6.23. The first-order chi connectivity index (χ1) is 7.29. The van der Waals surface area contributed by atoms with Crippen molar-refractivity contribution >= 4 is 5.91 Å². The van der Waals surface area contributed by atoms with Gasteiger partial charge in [-0.3, -0.25) is 4.79 Å². The number of carbonyl (C=O) groups is 1. The van der Waals surface area contributed by atoms with Crippen LogP contribution in [0.1, 0.15) is 26.2 Å². The molecule has 1 aliphatic heterocycles. The van der Waals surface area contributed by atoms with E-state index in [-0.39, 0.29) is 5.91 Å². The van der Waals surface area contributed by atoms with Gasteiger partial charge in [-0.1, -0.05) is 6.08 Å². The summed E-state index contributed by atoms with van der Waals surface area (Å²) in [6.07, 6.45) is 8.62. The molecular weight excluding hydrogens is 188 g/mol. The van der Waals surface area contributed by atoms with Crippen molar-refractivity contribution in [3.8, 4) is 0 Å². The zero-order valence-electron chi connectivity index (χ0n) is 8.97. The molecule has 0 radical (unpaired) electrons. The number of allylic oxidation sites excluding steroid dienone is 4. The molecule has 0 saturated carbocycles. The summed E-state index contributed by atoms with van der Waals surface area (Å²) in [6.45, 7) is 3.03. The Hall–Kier alpha value is -1.51. The fourth-order valence-corrected chi connectivity index (χ4v) is 1.90. The van der Waals surface area contributed by atoms with E-state index in [1.807, 2.05) is 6.08 Å². The lowest BCUT2D eigenvalue weighted by Gasteiger charge is -2.16. The first-order valence-electron chi connectivity index (χ1n) is 5.43. The fraction of sp³-hybridized carbons (Fsp3) is 0.417. The highest BCUT2D eigenvalue weighted by atomic mass is 16.1. The Morgan fingerprint density at radius 1 is 1.47 bits per heavy atom. The quantitative estimate of drug-likeness (QED) is 0.717. The molecule has 2 aliphatic rings. The van der Waals surface area contributed by atoms with Crippen LogP contribution in [-0.2, 0) is 4.79 Å². The SMILES string of the molecule is CCNC1=CC2=C(C=CC1)NC(=O)CC2. The third kappa shape index (κ3) is 2.29. The third-order valence-corrected chi connectivity index (χ3v) is 2.62. The summed E-state index contributed by atoms with van der Waals surface area (Å²) in [6, 6.07) is 0. The standard InChI is InChI=1S/C12H16N2O/c1-2-13-10-4-3-5-11-9(8-10)6-7-12(15)14-11/h3,5,8,13H,2,4,6-7H2,1H3,(H,14,15). The molecule has 0 unspecified atom stereocenters. The maximum absolute atomic E-state index is 11.2. The lowest BCUT2D eigenvalue weighted by Crippen LogP contribution is -2.26. The Bertz CT molecular complexity index is 364. The summed E-state index contributed by atoms with van der Waals surface area (Å²) in [4.78, 5) is 11.2. The molecule has 0 aromatic heterocycles. The minimum atomic E-state index is 0.124. The molecule has 3 heteroatoms. The van der Waals surface area contributed by atoms with Gasteiger partial charge in [0.25, 0.3) is 0 Å². The second-order valence-electron chi connectivity index (χ2n) is 3.79. The minimum absolute atomic E-state index is 0.124. The number of hydrogen-bond acceptors (Lipinski definition) is 2. The van der Waals surface area contributed by atoms with Gasteiger partial charge in [-0.2, -0.15) is 0 Å². The van der Waals surface area contributed by atoms with E-state index in [1.54, 1.807) is 0 Å². The normalized spacial score (nSPS) is 20.3. The average Bonchev–Trinajstić information content (AvgIpc) is 2.40. The van der Waals surface area contributed by atoms with Gasteiger partial charge in [0.15, 0.2) is 0 Å². The van der Waals surface area contributed by atoms with Crippen molar-refractivity contribution in [3.63, 3.8) is 0 Å². The van der Waals surface area contributed by atoms with Gasteiger partial charge in [-0.25, -0.2) is 0 Å². The van der Waals surface area contributed by atoms with Gasteiger partial charge in [0, 0.05) is 30.8 Å². The average molecular weight is 204 g/mol. The molecule has 2 N–H and O–H groups in total. The molecule has 0 spiro atoms. The van der Waals surface area contributed by atoms with Crippen molar-refractivity contribution < 1.29 is 4.79 Å². The topological polar surface area (TPSA) is 41.1 Å². The van der Waals surface area contributed by atoms with Crippen molar-refractivity contribution in [2.75, 3.05) is 6.54 Å². The van der Waals surface area contributed by atoms with E-state index in [4.69, 9.17) is 0 Å². The van der Waals surface area contributed by atoms with Crippen LogP contribution < -0.4 is 10.6 Å². The number of carbonyl (C=O) groups excluding carboxylic acids is 1. The Labute approximate surface area is 89.9 Å². The molecule has 1 aliphatic carbocycles. The summed E-state index contributed by atoms with van der Waals surface area (Å²) < 4.78 is 0. The minimum Gasteiger partial charge on any atom is -0.388 e. The third-order valence-electron chi connectivity index (χ3n) is 2.62. The van der Waals surface area contributed by atoms with Gasteiger partial charge in [0.05, 0.1) is 0 Å². The van der Waals surface area contributed by atoms with Gasteiger partial charge in [-0.15, -0.1) is 0 Å². The molecule has 15 heavy (non-hydrogen) atoms. The number of amides is 1. The van der Waals surface area contributed by atoms with Crippen molar-refractivity contribution in [2.45, 2.75) is 26.2 Å². The van der Waals surface area contributed by atoms with Crippen LogP contribution in [0.3, 0.4) is 0 Å². The molecule has 0 aromatic rings. The molecule has 0 fully saturated rings. The van der Waals surface area contributed by atoms with Crippen LogP contribution in [0, 0.1) is 0 Å². The molecule has 80 valence electrons. The van der Waals surface area contributed by atoms with E-state index in [2.05, 4.69) is 29.7 Å². The number of rotatable bonds is 2. The Balaban J connectivity index is 2.25. The lowest BCUT2D eigenvalue weighted by molar-refractivity contribution is -0.120. The smallest absolute Gasteiger partial charge is 0.224 e. The Kier molecular flexibility index (Phi) is 2.90. The highest BCUT2D eigenvalue weighted by molar-refractivity contribution is 5.80. The molecule has 0 aromatic carbocycles. The maximum atomic E-state index is 11.2. The molecule has 3 nitrogen and oxygen atoms in total. The van der Waals surface area contributed by atoms with Crippen molar-refractivity contribution in [1.29, 1.82) is 0 Å². The first-order valence-corrected chi connectivity index (χ1v) is 5.43. The van der Waals surface area contributed by atoms with E-state index in [0.29, 0.717) is 6.42 Å². The lowest BCUT2D eigenvalue weighted by atomic mass is 10.0. The zero-order valence-corrected chi connectivity index (χ0v) is 8.97. The van der Waals surface area contributed by atoms with Crippen LogP contribution >= 0.6 is 0 Å². The van der Waals surface area contributed by atoms with Crippen LogP contribution in [0.25, 0.3) is 0 Å². The Morgan fingerprint density at radius 2 is 2.33 bits per heavy atom. The van der Waals surface area contributed by atoms with Crippen molar-refractivity contribution in [2.24, 2.45) is 0 Å². The van der Waals surface area contributed by atoms with Gasteiger partial charge in [0.2, 0.25) is 5.91 Å². The zero-order chi connectivity index (χ0) is 10.7. The predicted octanol–water partition coefficient (Wildman–Crippen LogP) is 1.60. The van der Waals surface area contributed by atoms with Crippen LogP contribution in [-0.4, -0.2) is 12.5 Å². The molecule has 0 bridgehead atoms. The van der Waals surface area contributed by atoms with E-state index < -0.39 is 0 Å². The van der Waals surface area contributed by atoms with Gasteiger partial charge in [0.1, 0.15) is 0 Å². The van der Waals surface area contributed by atoms with E-state index >= 15 is 0 Å². The monoisotopic (exact) mass is 204 g/mol. The molecule has 2 rings (SSSR count). The second-order valence-corrected chi connectivity index (χ2v) is 3.79. The first kappa shape index (κ1) is 10.0. The van der Waals surface area contributed by atoms with Crippen molar-refractivity contribution in [1.82, 2.24) is 10.6 Å². The van der Waals surface area contributed by atoms with E-state index in [0.717, 1.165) is 25.1 Å². The largest absolute Gasteiger partial charge is 0.388 e. The van der Waals surface area contributed by atoms with Gasteiger partial charge >= 0.3 is 0 Å². The maximum Gasteiger partial charge on any atom is 0.224 e. The van der Waals surface area contributed by atoms with Crippen molar-refractivity contribution in [3.05, 3.63) is 35.2 Å². The van der Waals surface area contributed by atoms with Crippen LogP contribution in [0.4, 0.5) is 0 Å². The molecule has 0 saturated heterocycles. The van der Waals surface area contributed by atoms with E-state index in [9.17, 15) is 4.79 Å². The second kappa shape index (κ2) is 4.34. The molecular formula is C12H16N2O. The van der Waals surface area contributed by atoms with E-state index in [1.165, 1.54) is 11.3 Å². The highest BCUT2D eigenvalue weighted by Gasteiger charge is 2.16. The van der Waals surface area contributed by atoms with Gasteiger partial charge in [-0.05, 0) is 31.1 Å².